The summed E-state index contributed by atoms with van der Waals surface area (Å²) in [4.78, 5) is 11.4. The number of rotatable bonds is 4. The Bertz CT molecular complexity index is 412. The number of aromatic nitrogens is 2. The maximum Gasteiger partial charge on any atom is 0.287 e. The second-order valence-corrected chi connectivity index (χ2v) is 4.34. The summed E-state index contributed by atoms with van der Waals surface area (Å²) in [5, 5.41) is 7.28. The Hall–Kier alpha value is -1.03. The molecular weight excluding hydrogens is 214 g/mol. The van der Waals surface area contributed by atoms with E-state index < -0.39 is 0 Å². The highest BCUT2D eigenvalue weighted by Gasteiger charge is 2.20. The zero-order chi connectivity index (χ0) is 10.8. The highest BCUT2D eigenvalue weighted by Crippen LogP contribution is 2.32. The van der Waals surface area contributed by atoms with Crippen LogP contribution in [0, 0.1) is 5.92 Å². The summed E-state index contributed by atoms with van der Waals surface area (Å²) in [6.07, 6.45) is 5.41. The molecule has 0 spiro atoms. The molecule has 1 aromatic heterocycles. The van der Waals surface area contributed by atoms with Crippen LogP contribution in [0.25, 0.3) is 0 Å². The maximum absolute atomic E-state index is 11.4. The van der Waals surface area contributed by atoms with E-state index in [1.54, 1.807) is 13.2 Å². The first-order valence-corrected chi connectivity index (χ1v) is 5.52. The Balaban J connectivity index is 2.00. The largest absolute Gasteiger partial charge is 0.382 e. The number of halogens is 1. The fraction of sp³-hybridized carbons (Fsp3) is 0.600. The third kappa shape index (κ3) is 2.50. The van der Waals surface area contributed by atoms with Crippen molar-refractivity contribution in [2.24, 2.45) is 13.0 Å². The molecule has 1 saturated carbocycles. The summed E-state index contributed by atoms with van der Waals surface area (Å²) in [7, 11) is 1.59. The Morgan fingerprint density at radius 3 is 3.07 bits per heavy atom. The van der Waals surface area contributed by atoms with E-state index in [-0.39, 0.29) is 10.6 Å². The molecule has 0 aromatic carbocycles. The van der Waals surface area contributed by atoms with Crippen molar-refractivity contribution in [1.29, 1.82) is 0 Å². The molecule has 0 aliphatic heterocycles. The second kappa shape index (κ2) is 4.23. The predicted molar refractivity (Wildman–Crippen MR) is 60.3 cm³/mol. The van der Waals surface area contributed by atoms with Gasteiger partial charge >= 0.3 is 0 Å². The minimum absolute atomic E-state index is 0.225. The fourth-order valence-corrected chi connectivity index (χ4v) is 1.69. The zero-order valence-corrected chi connectivity index (χ0v) is 9.42. The van der Waals surface area contributed by atoms with Crippen LogP contribution in [0.4, 0.5) is 5.69 Å². The molecule has 0 unspecified atom stereocenters. The van der Waals surface area contributed by atoms with E-state index in [2.05, 4.69) is 10.4 Å². The van der Waals surface area contributed by atoms with Gasteiger partial charge in [0.2, 0.25) is 0 Å². The van der Waals surface area contributed by atoms with Crippen molar-refractivity contribution < 1.29 is 0 Å². The van der Waals surface area contributed by atoms with Crippen LogP contribution in [-0.4, -0.2) is 16.3 Å². The van der Waals surface area contributed by atoms with Crippen molar-refractivity contribution >= 4 is 17.3 Å². The monoisotopic (exact) mass is 227 g/mol. The van der Waals surface area contributed by atoms with E-state index in [1.807, 2.05) is 0 Å². The van der Waals surface area contributed by atoms with Gasteiger partial charge in [0, 0.05) is 13.6 Å². The summed E-state index contributed by atoms with van der Waals surface area (Å²) < 4.78 is 1.23. The summed E-state index contributed by atoms with van der Waals surface area (Å²) in [5.74, 6) is 0.871. The summed E-state index contributed by atoms with van der Waals surface area (Å²) in [6.45, 7) is 0.860. The molecule has 0 radical (unpaired) electrons. The van der Waals surface area contributed by atoms with E-state index in [0.717, 1.165) is 18.9 Å². The summed E-state index contributed by atoms with van der Waals surface area (Å²) >= 11 is 5.89. The highest BCUT2D eigenvalue weighted by atomic mass is 35.5. The van der Waals surface area contributed by atoms with Crippen LogP contribution in [0.3, 0.4) is 0 Å². The molecule has 0 bridgehead atoms. The van der Waals surface area contributed by atoms with Gasteiger partial charge in [-0.2, -0.15) is 5.10 Å². The van der Waals surface area contributed by atoms with Crippen molar-refractivity contribution in [3.05, 3.63) is 21.6 Å². The SMILES string of the molecule is Cn1ncc(NCCC2CC2)c(Cl)c1=O. The van der Waals surface area contributed by atoms with Crippen LogP contribution in [0.2, 0.25) is 5.02 Å². The first-order valence-electron chi connectivity index (χ1n) is 5.14. The van der Waals surface area contributed by atoms with Gasteiger partial charge < -0.3 is 5.32 Å². The first-order chi connectivity index (χ1) is 7.18. The average molecular weight is 228 g/mol. The van der Waals surface area contributed by atoms with Crippen molar-refractivity contribution in [3.8, 4) is 0 Å². The third-order valence-corrected chi connectivity index (χ3v) is 3.01. The highest BCUT2D eigenvalue weighted by molar-refractivity contribution is 6.32. The Morgan fingerprint density at radius 1 is 1.67 bits per heavy atom. The van der Waals surface area contributed by atoms with Crippen molar-refractivity contribution in [1.82, 2.24) is 9.78 Å². The van der Waals surface area contributed by atoms with E-state index in [4.69, 9.17) is 11.6 Å². The van der Waals surface area contributed by atoms with Gasteiger partial charge in [-0.25, -0.2) is 4.68 Å². The molecule has 15 heavy (non-hydrogen) atoms. The number of nitrogens with one attached hydrogen (secondary N) is 1. The number of aryl methyl sites for hydroxylation is 1. The van der Waals surface area contributed by atoms with Gasteiger partial charge in [-0.1, -0.05) is 24.4 Å². The van der Waals surface area contributed by atoms with Gasteiger partial charge in [0.1, 0.15) is 5.02 Å². The molecule has 82 valence electrons. The Morgan fingerprint density at radius 2 is 2.40 bits per heavy atom. The number of anilines is 1. The lowest BCUT2D eigenvalue weighted by Crippen LogP contribution is -2.21. The smallest absolute Gasteiger partial charge is 0.287 e. The fourth-order valence-electron chi connectivity index (χ4n) is 1.45. The van der Waals surface area contributed by atoms with Gasteiger partial charge in [0.25, 0.3) is 5.56 Å². The second-order valence-electron chi connectivity index (χ2n) is 3.96. The van der Waals surface area contributed by atoms with Gasteiger partial charge in [0.15, 0.2) is 0 Å². The van der Waals surface area contributed by atoms with Crippen LogP contribution >= 0.6 is 11.6 Å². The van der Waals surface area contributed by atoms with Crippen molar-refractivity contribution in [2.75, 3.05) is 11.9 Å². The number of nitrogens with zero attached hydrogens (tertiary/aromatic N) is 2. The van der Waals surface area contributed by atoms with Crippen LogP contribution in [0.15, 0.2) is 11.0 Å². The van der Waals surface area contributed by atoms with Gasteiger partial charge in [-0.3, -0.25) is 4.79 Å². The molecule has 0 atom stereocenters. The Labute approximate surface area is 93.2 Å². The number of hydrogen-bond acceptors (Lipinski definition) is 3. The molecule has 1 aliphatic carbocycles. The average Bonchev–Trinajstić information content (AvgIpc) is 3.02. The molecule has 1 aromatic rings. The molecule has 1 aliphatic rings. The topological polar surface area (TPSA) is 46.9 Å². The molecule has 5 heteroatoms. The van der Waals surface area contributed by atoms with Crippen LogP contribution in [-0.2, 0) is 7.05 Å². The minimum Gasteiger partial charge on any atom is -0.382 e. The standard InChI is InChI=1S/C10H14ClN3O/c1-14-10(15)9(11)8(6-13-14)12-5-4-7-2-3-7/h6-7,12H,2-5H2,1H3. The lowest BCUT2D eigenvalue weighted by Gasteiger charge is -2.07. The molecule has 1 N–H and O–H groups in total. The first kappa shape index (κ1) is 10.5. The van der Waals surface area contributed by atoms with Crippen LogP contribution in [0.1, 0.15) is 19.3 Å². The van der Waals surface area contributed by atoms with E-state index >= 15 is 0 Å². The maximum atomic E-state index is 11.4. The van der Waals surface area contributed by atoms with Gasteiger partial charge in [-0.15, -0.1) is 0 Å². The molecule has 1 fully saturated rings. The van der Waals surface area contributed by atoms with Crippen molar-refractivity contribution in [2.45, 2.75) is 19.3 Å². The molecule has 1 heterocycles. The molecular formula is C10H14ClN3O. The van der Waals surface area contributed by atoms with Crippen LogP contribution in [0.5, 0.6) is 0 Å². The van der Waals surface area contributed by atoms with E-state index in [9.17, 15) is 4.79 Å². The minimum atomic E-state index is -0.256. The lowest BCUT2D eigenvalue weighted by atomic mass is 10.3. The summed E-state index contributed by atoms with van der Waals surface area (Å²) in [6, 6.07) is 0. The molecule has 2 rings (SSSR count). The zero-order valence-electron chi connectivity index (χ0n) is 8.66. The third-order valence-electron chi connectivity index (χ3n) is 2.64. The van der Waals surface area contributed by atoms with E-state index in [1.165, 1.54) is 17.5 Å². The quantitative estimate of drug-likeness (QED) is 0.851. The normalized spacial score (nSPS) is 15.3. The summed E-state index contributed by atoms with van der Waals surface area (Å²) in [5.41, 5.74) is 0.383. The Kier molecular flexibility index (Phi) is 2.95. The van der Waals surface area contributed by atoms with Crippen LogP contribution < -0.4 is 10.9 Å². The van der Waals surface area contributed by atoms with Crippen molar-refractivity contribution in [3.63, 3.8) is 0 Å². The molecule has 4 nitrogen and oxygen atoms in total. The van der Waals surface area contributed by atoms with Gasteiger partial charge in [-0.05, 0) is 12.3 Å². The molecule has 0 amide bonds. The lowest BCUT2D eigenvalue weighted by molar-refractivity contribution is 0.705. The number of hydrogen-bond donors (Lipinski definition) is 1. The molecule has 0 saturated heterocycles. The van der Waals surface area contributed by atoms with Gasteiger partial charge in [0.05, 0.1) is 11.9 Å². The van der Waals surface area contributed by atoms with E-state index in [0.29, 0.717) is 5.69 Å². The predicted octanol–water partition coefficient (Wildman–Crippen LogP) is 1.65.